The fraction of sp³-hybridized carbons (Fsp3) is 0.438. The molecule has 1 saturated carbocycles. The minimum Gasteiger partial charge on any atom is -0.477 e. The molecule has 0 atom stereocenters. The number of aromatic amines is 1. The zero-order valence-corrected chi connectivity index (χ0v) is 12.8. The fourth-order valence-electron chi connectivity index (χ4n) is 2.38. The molecule has 3 N–H and O–H groups in total. The van der Waals surface area contributed by atoms with E-state index in [1.807, 2.05) is 12.3 Å². The summed E-state index contributed by atoms with van der Waals surface area (Å²) in [7, 11) is 0. The number of nitrogens with one attached hydrogen (secondary N) is 1. The first-order valence-electron chi connectivity index (χ1n) is 7.52. The number of amides is 1. The average Bonchev–Trinajstić information content (AvgIpc) is 3.23. The molecule has 22 heavy (non-hydrogen) atoms. The second kappa shape index (κ2) is 5.79. The predicted octanol–water partition coefficient (Wildman–Crippen LogP) is 2.27. The van der Waals surface area contributed by atoms with Crippen molar-refractivity contribution in [1.82, 2.24) is 15.0 Å². The summed E-state index contributed by atoms with van der Waals surface area (Å²) in [5.74, 6) is 0.854. The minimum atomic E-state index is -0.363. The topological polar surface area (TPSA) is 93.9 Å². The van der Waals surface area contributed by atoms with Crippen LogP contribution in [0.3, 0.4) is 0 Å². The Morgan fingerprint density at radius 3 is 2.91 bits per heavy atom. The third-order valence-electron chi connectivity index (χ3n) is 3.63. The maximum absolute atomic E-state index is 11.6. The highest BCUT2D eigenvalue weighted by Gasteiger charge is 2.29. The molecule has 3 rings (SSSR count). The van der Waals surface area contributed by atoms with E-state index in [0.29, 0.717) is 29.6 Å². The van der Waals surface area contributed by atoms with Crippen LogP contribution in [-0.4, -0.2) is 27.5 Å². The molecule has 0 bridgehead atoms. The fourth-order valence-corrected chi connectivity index (χ4v) is 2.38. The number of nitrogens with zero attached hydrogens (tertiary/aromatic N) is 2. The van der Waals surface area contributed by atoms with E-state index < -0.39 is 0 Å². The Balaban J connectivity index is 2.02. The highest BCUT2D eigenvalue weighted by atomic mass is 16.5. The van der Waals surface area contributed by atoms with Crippen LogP contribution in [0.2, 0.25) is 0 Å². The van der Waals surface area contributed by atoms with E-state index in [1.54, 1.807) is 0 Å². The molecule has 0 aliphatic heterocycles. The van der Waals surface area contributed by atoms with Crippen molar-refractivity contribution < 1.29 is 9.53 Å². The molecule has 2 aromatic rings. The normalized spacial score (nSPS) is 15.5. The van der Waals surface area contributed by atoms with Gasteiger partial charge in [0.15, 0.2) is 0 Å². The van der Waals surface area contributed by atoms with Gasteiger partial charge in [-0.25, -0.2) is 9.97 Å². The first-order chi connectivity index (χ1) is 10.6. The van der Waals surface area contributed by atoms with E-state index >= 15 is 0 Å². The second-order valence-electron chi connectivity index (χ2n) is 6.09. The number of nitrogens with two attached hydrogens (primary N) is 1. The van der Waals surface area contributed by atoms with Crippen molar-refractivity contribution in [2.75, 3.05) is 6.61 Å². The van der Waals surface area contributed by atoms with Gasteiger partial charge in [-0.3, -0.25) is 4.79 Å². The molecule has 1 aliphatic carbocycles. The molecular formula is C16H20N4O2. The summed E-state index contributed by atoms with van der Waals surface area (Å²) in [5, 5.41) is 0.794. The summed E-state index contributed by atoms with van der Waals surface area (Å²) < 4.78 is 5.78. The largest absolute Gasteiger partial charge is 0.477 e. The summed E-state index contributed by atoms with van der Waals surface area (Å²) in [6.07, 6.45) is 7.16. The molecule has 6 heteroatoms. The van der Waals surface area contributed by atoms with Crippen LogP contribution in [0.5, 0.6) is 5.88 Å². The molecule has 2 heterocycles. The zero-order chi connectivity index (χ0) is 15.7. The van der Waals surface area contributed by atoms with Gasteiger partial charge in [0, 0.05) is 17.3 Å². The van der Waals surface area contributed by atoms with Crippen LogP contribution >= 0.6 is 0 Å². The number of carbonyl (C=O) groups excluding carboxylic acids is 1. The van der Waals surface area contributed by atoms with Gasteiger partial charge in [-0.05, 0) is 30.8 Å². The van der Waals surface area contributed by atoms with Crippen molar-refractivity contribution in [3.05, 3.63) is 23.7 Å². The first-order valence-corrected chi connectivity index (χ1v) is 7.52. The number of H-pyrrole nitrogens is 1. The Kier molecular flexibility index (Phi) is 3.83. The van der Waals surface area contributed by atoms with Crippen LogP contribution < -0.4 is 10.5 Å². The lowest BCUT2D eigenvalue weighted by atomic mass is 10.1. The van der Waals surface area contributed by atoms with Crippen molar-refractivity contribution in [3.8, 4) is 5.88 Å². The van der Waals surface area contributed by atoms with Crippen molar-refractivity contribution in [2.45, 2.75) is 26.7 Å². The third kappa shape index (κ3) is 2.95. The summed E-state index contributed by atoms with van der Waals surface area (Å²) in [5.41, 5.74) is 7.70. The van der Waals surface area contributed by atoms with Crippen molar-refractivity contribution in [1.29, 1.82) is 0 Å². The maximum atomic E-state index is 11.6. The lowest BCUT2D eigenvalue weighted by molar-refractivity contribution is -0.114. The Morgan fingerprint density at radius 2 is 2.27 bits per heavy atom. The molecule has 0 radical (unpaired) electrons. The Labute approximate surface area is 128 Å². The van der Waals surface area contributed by atoms with E-state index in [-0.39, 0.29) is 11.8 Å². The number of carbonyl (C=O) groups is 1. The summed E-state index contributed by atoms with van der Waals surface area (Å²) in [4.78, 5) is 23.2. The van der Waals surface area contributed by atoms with E-state index in [2.05, 4.69) is 28.8 Å². The second-order valence-corrected chi connectivity index (χ2v) is 6.09. The smallest absolute Gasteiger partial charge is 0.244 e. The molecule has 1 fully saturated rings. The summed E-state index contributed by atoms with van der Waals surface area (Å²) in [6.45, 7) is 4.73. The number of ether oxygens (including phenoxy) is 1. The number of fused-ring (bicyclic) bond motifs is 1. The van der Waals surface area contributed by atoms with Crippen LogP contribution in [0.1, 0.15) is 32.3 Å². The zero-order valence-electron chi connectivity index (χ0n) is 12.8. The number of primary amides is 1. The number of hydrogen-bond donors (Lipinski definition) is 2. The molecule has 1 aliphatic rings. The van der Waals surface area contributed by atoms with E-state index in [0.717, 1.165) is 23.8 Å². The molecule has 6 nitrogen and oxygen atoms in total. The van der Waals surface area contributed by atoms with Crippen LogP contribution in [0, 0.1) is 11.8 Å². The van der Waals surface area contributed by atoms with Crippen molar-refractivity contribution >= 4 is 23.0 Å². The monoisotopic (exact) mass is 300 g/mol. The van der Waals surface area contributed by atoms with Gasteiger partial charge in [0.1, 0.15) is 12.0 Å². The maximum Gasteiger partial charge on any atom is 0.244 e. The highest BCUT2D eigenvalue weighted by molar-refractivity contribution is 6.01. The van der Waals surface area contributed by atoms with E-state index in [1.165, 1.54) is 6.33 Å². The minimum absolute atomic E-state index is 0.284. The van der Waals surface area contributed by atoms with Gasteiger partial charge < -0.3 is 15.5 Å². The standard InChI is InChI=1S/C16H20N4O2/c1-9(2)7-22-16-13-11(6-18-15(13)19-8-20-16)5-12(14(17)21)10-3-4-10/h5-6,8-10H,3-4,7H2,1-2H3,(H2,17,21)(H,18,19,20)/b12-5-. The molecule has 0 unspecified atom stereocenters. The van der Waals surface area contributed by atoms with Crippen LogP contribution in [-0.2, 0) is 4.79 Å². The highest BCUT2D eigenvalue weighted by Crippen LogP contribution is 2.38. The van der Waals surface area contributed by atoms with Gasteiger partial charge in [-0.2, -0.15) is 0 Å². The Bertz CT molecular complexity index is 729. The van der Waals surface area contributed by atoms with Crippen LogP contribution in [0.15, 0.2) is 18.1 Å². The first kappa shape index (κ1) is 14.6. The number of aromatic nitrogens is 3. The Hall–Kier alpha value is -2.37. The van der Waals surface area contributed by atoms with E-state index in [9.17, 15) is 4.79 Å². The van der Waals surface area contributed by atoms with Crippen molar-refractivity contribution in [2.24, 2.45) is 17.6 Å². The lowest BCUT2D eigenvalue weighted by Gasteiger charge is -2.09. The van der Waals surface area contributed by atoms with Gasteiger partial charge in [0.05, 0.1) is 12.0 Å². The Morgan fingerprint density at radius 1 is 1.50 bits per heavy atom. The molecule has 116 valence electrons. The average molecular weight is 300 g/mol. The van der Waals surface area contributed by atoms with Gasteiger partial charge in [-0.15, -0.1) is 0 Å². The van der Waals surface area contributed by atoms with E-state index in [4.69, 9.17) is 10.5 Å². The molecule has 0 spiro atoms. The predicted molar refractivity (Wildman–Crippen MR) is 84.1 cm³/mol. The molecule has 1 amide bonds. The third-order valence-corrected chi connectivity index (χ3v) is 3.63. The summed E-state index contributed by atoms with van der Waals surface area (Å²) >= 11 is 0. The van der Waals surface area contributed by atoms with Gasteiger partial charge in [0.2, 0.25) is 11.8 Å². The van der Waals surface area contributed by atoms with Crippen molar-refractivity contribution in [3.63, 3.8) is 0 Å². The molecule has 2 aromatic heterocycles. The number of rotatable bonds is 6. The van der Waals surface area contributed by atoms with Gasteiger partial charge in [0.25, 0.3) is 0 Å². The van der Waals surface area contributed by atoms with Gasteiger partial charge >= 0.3 is 0 Å². The number of hydrogen-bond acceptors (Lipinski definition) is 4. The van der Waals surface area contributed by atoms with Crippen LogP contribution in [0.4, 0.5) is 0 Å². The lowest BCUT2D eigenvalue weighted by Crippen LogP contribution is -2.15. The SMILES string of the molecule is CC(C)COc1ncnc2[nH]cc(/C=C(\C(N)=O)C3CC3)c12. The molecule has 0 saturated heterocycles. The van der Waals surface area contributed by atoms with Crippen LogP contribution in [0.25, 0.3) is 17.1 Å². The quantitative estimate of drug-likeness (QED) is 0.800. The molecular weight excluding hydrogens is 280 g/mol. The van der Waals surface area contributed by atoms with Gasteiger partial charge in [-0.1, -0.05) is 13.8 Å². The summed E-state index contributed by atoms with van der Waals surface area (Å²) in [6, 6.07) is 0. The molecule has 0 aromatic carbocycles.